The molecule has 9 nitrogen and oxygen atoms in total. The van der Waals surface area contributed by atoms with E-state index in [1.54, 1.807) is 18.1 Å². The van der Waals surface area contributed by atoms with E-state index in [0.29, 0.717) is 12.2 Å². The number of aliphatic hydroxyl groups is 1. The van der Waals surface area contributed by atoms with Crippen LogP contribution in [0.15, 0.2) is 60.0 Å². The zero-order valence-corrected chi connectivity index (χ0v) is 24.8. The van der Waals surface area contributed by atoms with Crippen molar-refractivity contribution in [1.29, 1.82) is 0 Å². The fraction of sp³-hybridized carbons (Fsp3) is 0.531. The van der Waals surface area contributed by atoms with Crippen LogP contribution in [0.4, 0.5) is 10.5 Å². The summed E-state index contributed by atoms with van der Waals surface area (Å²) in [4.78, 5) is 13.2. The number of urea groups is 1. The summed E-state index contributed by atoms with van der Waals surface area (Å²) in [6.45, 7) is 0.00470. The van der Waals surface area contributed by atoms with E-state index in [2.05, 4.69) is 20.8 Å². The number of aliphatic hydroxyl groups excluding tert-OH is 1. The van der Waals surface area contributed by atoms with Crippen LogP contribution < -0.4 is 10.6 Å². The lowest BCUT2D eigenvalue weighted by Gasteiger charge is -2.56. The van der Waals surface area contributed by atoms with Crippen LogP contribution in [0.1, 0.15) is 74.0 Å². The number of anilines is 1. The summed E-state index contributed by atoms with van der Waals surface area (Å²) in [7, 11) is 1.93. The number of thioether (sulfide) groups is 1. The molecule has 10 heteroatoms. The molecule has 4 saturated carbocycles. The SMILES string of the molecule is Cn1cnnc1SCC1CC(c2ccc(CO)cc2)OC(c2cccc(NC(=O)NC34CC5CC(CC(C5)C3)C4)c2)O1. The van der Waals surface area contributed by atoms with Gasteiger partial charge in [-0.05, 0) is 79.5 Å². The van der Waals surface area contributed by atoms with Gasteiger partial charge < -0.3 is 29.8 Å². The lowest BCUT2D eigenvalue weighted by atomic mass is 9.53. The Kier molecular flexibility index (Phi) is 7.73. The van der Waals surface area contributed by atoms with Crippen molar-refractivity contribution < 1.29 is 19.4 Å². The maximum atomic E-state index is 13.2. The molecule has 5 aliphatic rings. The third kappa shape index (κ3) is 5.95. The normalized spacial score (nSPS) is 31.7. The van der Waals surface area contributed by atoms with Gasteiger partial charge in [-0.25, -0.2) is 4.79 Å². The largest absolute Gasteiger partial charge is 0.392 e. The second-order valence-corrected chi connectivity index (χ2v) is 13.8. The van der Waals surface area contributed by atoms with Gasteiger partial charge >= 0.3 is 6.03 Å². The highest BCUT2D eigenvalue weighted by molar-refractivity contribution is 7.99. The summed E-state index contributed by atoms with van der Waals surface area (Å²) in [5.41, 5.74) is 3.44. The number of aromatic nitrogens is 3. The van der Waals surface area contributed by atoms with Crippen LogP contribution in [0.25, 0.3) is 0 Å². The number of carbonyl (C=O) groups is 1. The van der Waals surface area contributed by atoms with Gasteiger partial charge in [0.2, 0.25) is 0 Å². The van der Waals surface area contributed by atoms with Crippen LogP contribution >= 0.6 is 11.8 Å². The van der Waals surface area contributed by atoms with Crippen LogP contribution in [-0.2, 0) is 23.1 Å². The Labute approximate surface area is 250 Å². The number of ether oxygens (including phenoxy) is 2. The smallest absolute Gasteiger partial charge is 0.319 e. The van der Waals surface area contributed by atoms with Crippen molar-refractivity contribution in [2.24, 2.45) is 24.8 Å². The third-order valence-electron chi connectivity index (χ3n) is 9.52. The van der Waals surface area contributed by atoms with E-state index in [1.807, 2.05) is 60.1 Å². The van der Waals surface area contributed by atoms with E-state index in [0.717, 1.165) is 64.6 Å². The van der Waals surface area contributed by atoms with Crippen molar-refractivity contribution in [3.63, 3.8) is 0 Å². The van der Waals surface area contributed by atoms with E-state index < -0.39 is 6.29 Å². The monoisotopic (exact) mass is 589 g/mol. The van der Waals surface area contributed by atoms with Crippen LogP contribution in [0.3, 0.4) is 0 Å². The molecule has 0 radical (unpaired) electrons. The van der Waals surface area contributed by atoms with Crippen LogP contribution in [0.2, 0.25) is 0 Å². The van der Waals surface area contributed by atoms with E-state index >= 15 is 0 Å². The third-order valence-corrected chi connectivity index (χ3v) is 10.7. The predicted molar refractivity (Wildman–Crippen MR) is 160 cm³/mol. The second-order valence-electron chi connectivity index (χ2n) is 12.8. The average Bonchev–Trinajstić information content (AvgIpc) is 3.39. The zero-order chi connectivity index (χ0) is 28.7. The molecule has 42 heavy (non-hydrogen) atoms. The van der Waals surface area contributed by atoms with E-state index in [-0.39, 0.29) is 30.4 Å². The van der Waals surface area contributed by atoms with Gasteiger partial charge in [0.25, 0.3) is 0 Å². The molecule has 4 aliphatic carbocycles. The van der Waals surface area contributed by atoms with Crippen LogP contribution in [-0.4, -0.2) is 43.3 Å². The number of aryl methyl sites for hydroxylation is 1. The quantitative estimate of drug-likeness (QED) is 0.288. The second kappa shape index (κ2) is 11.6. The standard InChI is InChI=1S/C32H39N5O4S/c1-37-19-33-36-31(37)42-18-27-13-28(24-7-5-20(17-38)6-8-24)41-29(40-27)25-3-2-4-26(12-25)34-30(39)35-32-14-21-9-22(15-32)11-23(10-21)16-32/h2-8,12,19,21-23,27-29,38H,9-11,13-18H2,1H3,(H2,34,35,39). The molecule has 4 bridgehead atoms. The van der Waals surface area contributed by atoms with Gasteiger partial charge in [0.05, 0.1) is 18.8 Å². The number of nitrogens with zero attached hydrogens (tertiary/aromatic N) is 3. The Hall–Kier alpha value is -2.92. The Bertz CT molecular complexity index is 1380. The minimum Gasteiger partial charge on any atom is -0.392 e. The average molecular weight is 590 g/mol. The molecule has 3 aromatic rings. The molecule has 2 aromatic carbocycles. The van der Waals surface area contributed by atoms with Gasteiger partial charge in [0, 0.05) is 36.0 Å². The first kappa shape index (κ1) is 27.9. The summed E-state index contributed by atoms with van der Waals surface area (Å²) in [6.07, 6.45) is 8.88. The Morgan fingerprint density at radius 2 is 1.76 bits per heavy atom. The van der Waals surface area contributed by atoms with Gasteiger partial charge in [-0.3, -0.25) is 0 Å². The lowest BCUT2D eigenvalue weighted by molar-refractivity contribution is -0.245. The Balaban J connectivity index is 1.06. The van der Waals surface area contributed by atoms with E-state index in [9.17, 15) is 9.90 Å². The van der Waals surface area contributed by atoms with E-state index in [4.69, 9.17) is 9.47 Å². The molecule has 5 fully saturated rings. The molecule has 8 rings (SSSR count). The summed E-state index contributed by atoms with van der Waals surface area (Å²) in [5.74, 6) is 3.01. The maximum Gasteiger partial charge on any atom is 0.319 e. The van der Waals surface area contributed by atoms with Crippen molar-refractivity contribution in [2.45, 2.75) is 80.7 Å². The first-order valence-corrected chi connectivity index (χ1v) is 16.1. The van der Waals surface area contributed by atoms with Crippen molar-refractivity contribution >= 4 is 23.5 Å². The number of benzene rings is 2. The number of rotatable bonds is 8. The number of carbonyl (C=O) groups excluding carboxylic acids is 1. The van der Waals surface area contributed by atoms with Gasteiger partial charge in [-0.2, -0.15) is 0 Å². The highest BCUT2D eigenvalue weighted by Crippen LogP contribution is 2.55. The number of hydrogen-bond acceptors (Lipinski definition) is 7. The molecule has 0 spiro atoms. The molecule has 2 amide bonds. The first-order chi connectivity index (χ1) is 20.4. The zero-order valence-electron chi connectivity index (χ0n) is 23.9. The topological polar surface area (TPSA) is 111 Å². The number of hydrogen-bond donors (Lipinski definition) is 3. The molecule has 222 valence electrons. The molecule has 1 aliphatic heterocycles. The summed E-state index contributed by atoms with van der Waals surface area (Å²) in [5, 5.41) is 25.0. The summed E-state index contributed by atoms with van der Waals surface area (Å²) >= 11 is 1.61. The van der Waals surface area contributed by atoms with Gasteiger partial charge in [0.15, 0.2) is 11.4 Å². The molecular formula is C32H39N5O4S. The van der Waals surface area contributed by atoms with Gasteiger partial charge in [-0.1, -0.05) is 48.2 Å². The van der Waals surface area contributed by atoms with Crippen molar-refractivity contribution in [1.82, 2.24) is 20.1 Å². The fourth-order valence-corrected chi connectivity index (χ4v) is 8.93. The number of nitrogens with one attached hydrogen (secondary N) is 2. The van der Waals surface area contributed by atoms with Crippen LogP contribution in [0, 0.1) is 17.8 Å². The molecule has 1 aromatic heterocycles. The highest BCUT2D eigenvalue weighted by Gasteiger charge is 2.51. The highest BCUT2D eigenvalue weighted by atomic mass is 32.2. The van der Waals surface area contributed by atoms with E-state index in [1.165, 1.54) is 19.3 Å². The minimum absolute atomic E-state index is 0.00470. The van der Waals surface area contributed by atoms with Crippen molar-refractivity contribution in [2.75, 3.05) is 11.1 Å². The Morgan fingerprint density at radius 3 is 2.43 bits per heavy atom. The lowest BCUT2D eigenvalue weighted by Crippen LogP contribution is -2.60. The van der Waals surface area contributed by atoms with Gasteiger partial charge in [0.1, 0.15) is 6.33 Å². The molecule has 1 saturated heterocycles. The number of amides is 2. The Morgan fingerprint density at radius 1 is 1.02 bits per heavy atom. The molecule has 3 N–H and O–H groups in total. The van der Waals surface area contributed by atoms with Gasteiger partial charge in [-0.15, -0.1) is 10.2 Å². The maximum absolute atomic E-state index is 13.2. The molecule has 3 atom stereocenters. The summed E-state index contributed by atoms with van der Waals surface area (Å²) < 4.78 is 14.9. The summed E-state index contributed by atoms with van der Waals surface area (Å²) in [6, 6.07) is 15.5. The minimum atomic E-state index is -0.598. The predicted octanol–water partition coefficient (Wildman–Crippen LogP) is 5.74. The van der Waals surface area contributed by atoms with Crippen LogP contribution in [0.5, 0.6) is 0 Å². The van der Waals surface area contributed by atoms with Crippen molar-refractivity contribution in [3.05, 3.63) is 71.5 Å². The molecular weight excluding hydrogens is 550 g/mol. The first-order valence-electron chi connectivity index (χ1n) is 15.1. The fourth-order valence-electron chi connectivity index (χ4n) is 8.02. The van der Waals surface area contributed by atoms with Crippen molar-refractivity contribution in [3.8, 4) is 0 Å². The molecule has 2 heterocycles. The molecule has 3 unspecified atom stereocenters.